The molecule has 1 heteroatoms. The molecule has 0 saturated heterocycles. The minimum Gasteiger partial charge on any atom is -0.299 e. The number of carbonyl (C=O) groups is 1. The molecule has 0 bridgehead atoms. The molecule has 0 radical (unpaired) electrons. The van der Waals surface area contributed by atoms with Crippen molar-refractivity contribution in [1.29, 1.82) is 0 Å². The van der Waals surface area contributed by atoms with Gasteiger partial charge in [0.2, 0.25) is 0 Å². The van der Waals surface area contributed by atoms with E-state index in [1.54, 1.807) is 0 Å². The molecule has 0 rings (SSSR count). The zero-order valence-electron chi connectivity index (χ0n) is 11.2. The van der Waals surface area contributed by atoms with Gasteiger partial charge < -0.3 is 0 Å². The lowest BCUT2D eigenvalue weighted by atomic mass is 9.84. The minimum atomic E-state index is -0.176. The van der Waals surface area contributed by atoms with Crippen LogP contribution in [0.15, 0.2) is 11.6 Å². The third kappa shape index (κ3) is 7.35. The maximum absolute atomic E-state index is 11.8. The molecule has 1 nitrogen and oxygen atoms in total. The van der Waals surface area contributed by atoms with Gasteiger partial charge in [-0.05, 0) is 32.6 Å². The number of hydrogen-bond acceptors (Lipinski definition) is 1. The summed E-state index contributed by atoms with van der Waals surface area (Å²) < 4.78 is 0. The summed E-state index contributed by atoms with van der Waals surface area (Å²) >= 11 is 0. The Hall–Kier alpha value is -0.590. The van der Waals surface area contributed by atoms with Crippen LogP contribution in [0.2, 0.25) is 0 Å². The van der Waals surface area contributed by atoms with Crippen molar-refractivity contribution in [2.75, 3.05) is 0 Å². The Morgan fingerprint density at radius 2 is 1.80 bits per heavy atom. The SMILES string of the molecule is CC(C)=CCC[C@@H](C)CC(=O)C(C)(C)C. The van der Waals surface area contributed by atoms with E-state index in [1.165, 1.54) is 5.57 Å². The van der Waals surface area contributed by atoms with Crippen LogP contribution in [0.3, 0.4) is 0 Å². The quantitative estimate of drug-likeness (QED) is 0.616. The Kier molecular flexibility index (Phi) is 5.85. The van der Waals surface area contributed by atoms with Crippen LogP contribution < -0.4 is 0 Å². The van der Waals surface area contributed by atoms with E-state index in [4.69, 9.17) is 0 Å². The van der Waals surface area contributed by atoms with Crippen molar-refractivity contribution in [3.63, 3.8) is 0 Å². The van der Waals surface area contributed by atoms with Crippen LogP contribution in [0.5, 0.6) is 0 Å². The molecule has 0 saturated carbocycles. The topological polar surface area (TPSA) is 17.1 Å². The first kappa shape index (κ1) is 14.4. The smallest absolute Gasteiger partial charge is 0.138 e. The maximum Gasteiger partial charge on any atom is 0.138 e. The maximum atomic E-state index is 11.8. The first-order valence-corrected chi connectivity index (χ1v) is 5.90. The van der Waals surface area contributed by atoms with Crippen LogP contribution in [0, 0.1) is 11.3 Å². The van der Waals surface area contributed by atoms with Crippen molar-refractivity contribution in [2.24, 2.45) is 11.3 Å². The highest BCUT2D eigenvalue weighted by Gasteiger charge is 2.22. The molecule has 0 aliphatic heterocycles. The van der Waals surface area contributed by atoms with Crippen LogP contribution in [0.1, 0.15) is 60.8 Å². The molecular weight excluding hydrogens is 184 g/mol. The number of rotatable bonds is 5. The van der Waals surface area contributed by atoms with Crippen molar-refractivity contribution in [3.8, 4) is 0 Å². The zero-order chi connectivity index (χ0) is 12.1. The van der Waals surface area contributed by atoms with Crippen molar-refractivity contribution in [2.45, 2.75) is 60.8 Å². The Labute approximate surface area is 95.0 Å². The summed E-state index contributed by atoms with van der Waals surface area (Å²) in [6.07, 6.45) is 5.19. The monoisotopic (exact) mass is 210 g/mol. The number of allylic oxidation sites excluding steroid dienone is 2. The predicted molar refractivity (Wildman–Crippen MR) is 66.9 cm³/mol. The van der Waals surface area contributed by atoms with Crippen molar-refractivity contribution < 1.29 is 4.79 Å². The van der Waals surface area contributed by atoms with E-state index in [9.17, 15) is 4.79 Å². The van der Waals surface area contributed by atoms with Crippen molar-refractivity contribution in [1.82, 2.24) is 0 Å². The summed E-state index contributed by atoms with van der Waals surface area (Å²) in [6, 6.07) is 0. The summed E-state index contributed by atoms with van der Waals surface area (Å²) in [5.74, 6) is 0.888. The molecule has 1 atom stereocenters. The molecule has 0 aliphatic carbocycles. The number of ketones is 1. The highest BCUT2D eigenvalue weighted by atomic mass is 16.1. The van der Waals surface area contributed by atoms with Crippen LogP contribution in [-0.2, 0) is 4.79 Å². The van der Waals surface area contributed by atoms with E-state index in [2.05, 4.69) is 26.8 Å². The van der Waals surface area contributed by atoms with E-state index in [-0.39, 0.29) is 5.41 Å². The summed E-state index contributed by atoms with van der Waals surface area (Å²) in [5, 5.41) is 0. The molecular formula is C14H26O. The number of hydrogen-bond donors (Lipinski definition) is 0. The summed E-state index contributed by atoms with van der Waals surface area (Å²) in [5.41, 5.74) is 1.19. The van der Waals surface area contributed by atoms with Crippen LogP contribution in [0.4, 0.5) is 0 Å². The lowest BCUT2D eigenvalue weighted by molar-refractivity contribution is -0.127. The molecule has 0 aliphatic rings. The molecule has 0 amide bonds. The summed E-state index contributed by atoms with van der Waals surface area (Å²) in [7, 11) is 0. The lowest BCUT2D eigenvalue weighted by Crippen LogP contribution is -2.22. The Morgan fingerprint density at radius 1 is 1.27 bits per heavy atom. The van der Waals surface area contributed by atoms with Gasteiger partial charge in [-0.25, -0.2) is 0 Å². The fraction of sp³-hybridized carbons (Fsp3) is 0.786. The van der Waals surface area contributed by atoms with Crippen LogP contribution >= 0.6 is 0 Å². The van der Waals surface area contributed by atoms with Gasteiger partial charge >= 0.3 is 0 Å². The van der Waals surface area contributed by atoms with Gasteiger partial charge in [0.25, 0.3) is 0 Å². The third-order valence-corrected chi connectivity index (χ3v) is 2.58. The van der Waals surface area contributed by atoms with Crippen LogP contribution in [-0.4, -0.2) is 5.78 Å². The normalized spacial score (nSPS) is 13.5. The highest BCUT2D eigenvalue weighted by molar-refractivity contribution is 5.83. The van der Waals surface area contributed by atoms with E-state index in [1.807, 2.05) is 20.8 Å². The second-order valence-corrected chi connectivity index (χ2v) is 5.84. The van der Waals surface area contributed by atoms with Gasteiger partial charge in [-0.1, -0.05) is 39.3 Å². The number of carbonyl (C=O) groups excluding carboxylic acids is 1. The molecule has 0 unspecified atom stereocenters. The van der Waals surface area contributed by atoms with Gasteiger partial charge in [-0.3, -0.25) is 4.79 Å². The predicted octanol–water partition coefficient (Wildman–Crippen LogP) is 4.37. The fourth-order valence-electron chi connectivity index (χ4n) is 1.38. The zero-order valence-corrected chi connectivity index (χ0v) is 11.2. The average Bonchev–Trinajstić information content (AvgIpc) is 2.01. The van der Waals surface area contributed by atoms with E-state index >= 15 is 0 Å². The minimum absolute atomic E-state index is 0.176. The van der Waals surface area contributed by atoms with E-state index in [0.29, 0.717) is 11.7 Å². The molecule has 88 valence electrons. The van der Waals surface area contributed by atoms with Crippen molar-refractivity contribution >= 4 is 5.78 Å². The molecule has 15 heavy (non-hydrogen) atoms. The van der Waals surface area contributed by atoms with Gasteiger partial charge in [0.05, 0.1) is 0 Å². The van der Waals surface area contributed by atoms with Gasteiger partial charge in [-0.2, -0.15) is 0 Å². The lowest BCUT2D eigenvalue weighted by Gasteiger charge is -2.19. The second kappa shape index (κ2) is 6.09. The molecule has 0 aromatic rings. The summed E-state index contributed by atoms with van der Waals surface area (Å²) in [6.45, 7) is 12.4. The molecule has 0 heterocycles. The van der Waals surface area contributed by atoms with E-state index in [0.717, 1.165) is 19.3 Å². The van der Waals surface area contributed by atoms with E-state index < -0.39 is 0 Å². The molecule has 0 aromatic carbocycles. The first-order valence-electron chi connectivity index (χ1n) is 5.90. The molecule has 0 N–H and O–H groups in total. The fourth-order valence-corrected chi connectivity index (χ4v) is 1.38. The van der Waals surface area contributed by atoms with Gasteiger partial charge in [0, 0.05) is 11.8 Å². The Bertz CT molecular complexity index is 226. The molecule has 0 fully saturated rings. The highest BCUT2D eigenvalue weighted by Crippen LogP contribution is 2.22. The molecule has 0 aromatic heterocycles. The van der Waals surface area contributed by atoms with Gasteiger partial charge in [0.1, 0.15) is 5.78 Å². The Balaban J connectivity index is 3.90. The Morgan fingerprint density at radius 3 is 2.20 bits per heavy atom. The first-order chi connectivity index (χ1) is 6.73. The standard InChI is InChI=1S/C14H26O/c1-11(2)8-7-9-12(3)10-13(15)14(4,5)6/h8,12H,7,9-10H2,1-6H3/t12-/m1/s1. The van der Waals surface area contributed by atoms with Gasteiger partial charge in [-0.15, -0.1) is 0 Å². The largest absolute Gasteiger partial charge is 0.299 e. The van der Waals surface area contributed by atoms with Gasteiger partial charge in [0.15, 0.2) is 0 Å². The summed E-state index contributed by atoms with van der Waals surface area (Å²) in [4.78, 5) is 11.8. The average molecular weight is 210 g/mol. The molecule has 0 spiro atoms. The number of Topliss-reactive ketones (excluding diaryl/α,β-unsaturated/α-hetero) is 1. The van der Waals surface area contributed by atoms with Crippen molar-refractivity contribution in [3.05, 3.63) is 11.6 Å². The third-order valence-electron chi connectivity index (χ3n) is 2.58. The second-order valence-electron chi connectivity index (χ2n) is 5.84. The van der Waals surface area contributed by atoms with Crippen LogP contribution in [0.25, 0.3) is 0 Å².